The number of hydrogen-bond acceptors (Lipinski definition) is 4. The molecule has 0 saturated carbocycles. The van der Waals surface area contributed by atoms with Crippen LogP contribution >= 0.6 is 0 Å². The first kappa shape index (κ1) is 26.2. The second-order valence-electron chi connectivity index (χ2n) is 10.8. The van der Waals surface area contributed by atoms with Crippen LogP contribution in [0.2, 0.25) is 0 Å². The van der Waals surface area contributed by atoms with Crippen molar-refractivity contribution in [2.45, 2.75) is 70.3 Å². The smallest absolute Gasteiger partial charge is 0.335 e. The predicted molar refractivity (Wildman–Crippen MR) is 156 cm³/mol. The largest absolute Gasteiger partial charge is 0.478 e. The van der Waals surface area contributed by atoms with Crippen molar-refractivity contribution in [2.75, 3.05) is 30.3 Å². The number of rotatable bonds is 1. The lowest BCUT2D eigenvalue weighted by Crippen LogP contribution is -2.43. The van der Waals surface area contributed by atoms with Crippen LogP contribution in [0.3, 0.4) is 0 Å². The fourth-order valence-electron chi connectivity index (χ4n) is 5.98. The van der Waals surface area contributed by atoms with Gasteiger partial charge in [-0.2, -0.15) is 0 Å². The van der Waals surface area contributed by atoms with Gasteiger partial charge in [-0.1, -0.05) is 50.5 Å². The average molecular weight is 513 g/mol. The van der Waals surface area contributed by atoms with E-state index in [9.17, 15) is 9.90 Å². The molecule has 0 aliphatic carbocycles. The normalized spacial score (nSPS) is 21.4. The molecule has 0 amide bonds. The molecular formula is C32H40N4O2. The number of benzene rings is 2. The molecule has 4 bridgehead atoms. The second-order valence-corrected chi connectivity index (χ2v) is 10.8. The highest BCUT2D eigenvalue weighted by Gasteiger charge is 2.25. The lowest BCUT2D eigenvalue weighted by molar-refractivity contribution is 0.0695. The highest BCUT2D eigenvalue weighted by atomic mass is 16.4. The van der Waals surface area contributed by atoms with Crippen molar-refractivity contribution in [3.63, 3.8) is 0 Å². The summed E-state index contributed by atoms with van der Waals surface area (Å²) in [7, 11) is 0. The molecule has 3 aromatic rings. The molecule has 6 nitrogen and oxygen atoms in total. The van der Waals surface area contributed by atoms with Gasteiger partial charge in [0, 0.05) is 28.3 Å². The van der Waals surface area contributed by atoms with Crippen LogP contribution in [0.15, 0.2) is 42.5 Å². The molecule has 0 spiro atoms. The van der Waals surface area contributed by atoms with E-state index < -0.39 is 5.97 Å². The molecule has 2 aliphatic heterocycles. The molecule has 38 heavy (non-hydrogen) atoms. The molecule has 3 heterocycles. The number of H-pyrrole nitrogens is 1. The minimum Gasteiger partial charge on any atom is -0.478 e. The van der Waals surface area contributed by atoms with Crippen molar-refractivity contribution < 1.29 is 9.90 Å². The number of piperidine rings is 1. The molecule has 2 unspecified atom stereocenters. The lowest BCUT2D eigenvalue weighted by Gasteiger charge is -2.34. The zero-order valence-electron chi connectivity index (χ0n) is 22.2. The Morgan fingerprint density at radius 2 is 1.79 bits per heavy atom. The zero-order chi connectivity index (χ0) is 26.2. The Bertz CT molecular complexity index is 1300. The van der Waals surface area contributed by atoms with Crippen molar-refractivity contribution in [3.05, 3.63) is 59.3 Å². The van der Waals surface area contributed by atoms with E-state index in [1.165, 1.54) is 49.6 Å². The molecule has 5 N–H and O–H groups in total. The summed E-state index contributed by atoms with van der Waals surface area (Å²) in [4.78, 5) is 15.2. The van der Waals surface area contributed by atoms with Gasteiger partial charge >= 0.3 is 5.97 Å². The number of hydrogen-bond donors (Lipinski definition) is 5. The van der Waals surface area contributed by atoms with Gasteiger partial charge in [-0.3, -0.25) is 0 Å². The number of nitrogens with one attached hydrogen (secondary N) is 4. The highest BCUT2D eigenvalue weighted by Crippen LogP contribution is 2.29. The maximum absolute atomic E-state index is 11.7. The first-order valence-corrected chi connectivity index (χ1v) is 14.4. The number of carboxylic acid groups (broad SMARTS) is 1. The third kappa shape index (κ3) is 6.71. The SMILES string of the molecule is O=C(O)c1ccc2cc1CCCCCCCCCC1CNCCC1Nc1cccc3[nH]c(cc13)C#CCN2. The van der Waals surface area contributed by atoms with Crippen molar-refractivity contribution >= 4 is 28.2 Å². The van der Waals surface area contributed by atoms with E-state index >= 15 is 0 Å². The van der Waals surface area contributed by atoms with Crippen LogP contribution in [-0.4, -0.2) is 41.7 Å². The highest BCUT2D eigenvalue weighted by molar-refractivity contribution is 5.93. The first-order valence-electron chi connectivity index (χ1n) is 14.4. The molecule has 0 radical (unpaired) electrons. The Morgan fingerprint density at radius 1 is 0.947 bits per heavy atom. The van der Waals surface area contributed by atoms with Gasteiger partial charge in [0.05, 0.1) is 17.8 Å². The summed E-state index contributed by atoms with van der Waals surface area (Å²) in [6.45, 7) is 2.64. The molecule has 1 fully saturated rings. The number of carbonyl (C=O) groups is 1. The standard InChI is InChI=1S/C32H40N4O2/c37-32(38)27-16-15-25-20-23(27)10-6-4-2-1-3-5-7-11-24-22-33-19-17-29(24)36-31-14-8-13-30-28(31)21-26(35-30)12-9-18-34-25/h8,13-16,20-21,24,29,33-36H,1-7,10-11,17-19,22H2,(H,37,38). The number of carboxylic acids is 1. The van der Waals surface area contributed by atoms with Gasteiger partial charge in [-0.25, -0.2) is 4.79 Å². The summed E-state index contributed by atoms with van der Waals surface area (Å²) in [5, 5.41) is 21.7. The van der Waals surface area contributed by atoms with Gasteiger partial charge in [0.2, 0.25) is 0 Å². The molecule has 2 atom stereocenters. The average Bonchev–Trinajstić information content (AvgIpc) is 3.34. The maximum atomic E-state index is 11.7. The van der Waals surface area contributed by atoms with Gasteiger partial charge in [0.25, 0.3) is 0 Å². The minimum atomic E-state index is -0.855. The van der Waals surface area contributed by atoms with E-state index in [0.717, 1.165) is 61.2 Å². The van der Waals surface area contributed by atoms with Crippen molar-refractivity contribution in [2.24, 2.45) is 5.92 Å². The van der Waals surface area contributed by atoms with Gasteiger partial charge in [-0.05, 0) is 92.6 Å². The number of anilines is 2. The van der Waals surface area contributed by atoms with E-state index in [2.05, 4.69) is 57.0 Å². The van der Waals surface area contributed by atoms with Crippen LogP contribution < -0.4 is 16.0 Å². The molecule has 5 rings (SSSR count). The number of aromatic carboxylic acids is 1. The fourth-order valence-corrected chi connectivity index (χ4v) is 5.98. The topological polar surface area (TPSA) is 89.2 Å². The van der Waals surface area contributed by atoms with Crippen LogP contribution in [0.5, 0.6) is 0 Å². The Labute approximate surface area is 226 Å². The third-order valence-corrected chi connectivity index (χ3v) is 8.07. The fraction of sp³-hybridized carbons (Fsp3) is 0.469. The number of fused-ring (bicyclic) bond motifs is 4. The van der Waals surface area contributed by atoms with Crippen LogP contribution in [0, 0.1) is 17.8 Å². The number of aromatic amines is 1. The van der Waals surface area contributed by atoms with E-state index in [1.807, 2.05) is 12.1 Å². The minimum absolute atomic E-state index is 0.408. The molecule has 2 aromatic carbocycles. The summed E-state index contributed by atoms with van der Waals surface area (Å²) in [5.41, 5.74) is 5.41. The molecule has 1 saturated heterocycles. The molecule has 200 valence electrons. The number of aryl methyl sites for hydroxylation is 1. The van der Waals surface area contributed by atoms with Crippen molar-refractivity contribution in [3.8, 4) is 11.8 Å². The van der Waals surface area contributed by atoms with E-state index in [-0.39, 0.29) is 0 Å². The lowest BCUT2D eigenvalue weighted by atomic mass is 9.88. The second kappa shape index (κ2) is 12.9. The quantitative estimate of drug-likeness (QED) is 0.244. The van der Waals surface area contributed by atoms with Crippen LogP contribution in [0.25, 0.3) is 10.9 Å². The Kier molecular flexibility index (Phi) is 8.88. The summed E-state index contributed by atoms with van der Waals surface area (Å²) in [6, 6.07) is 14.6. The van der Waals surface area contributed by atoms with Crippen LogP contribution in [-0.2, 0) is 6.42 Å². The Hall–Kier alpha value is -3.43. The molecule has 6 heteroatoms. The molecule has 1 aromatic heterocycles. The summed E-state index contributed by atoms with van der Waals surface area (Å²) in [6.07, 6.45) is 11.7. The summed E-state index contributed by atoms with van der Waals surface area (Å²) < 4.78 is 0. The van der Waals surface area contributed by atoms with E-state index in [1.54, 1.807) is 6.07 Å². The van der Waals surface area contributed by atoms with Crippen molar-refractivity contribution in [1.29, 1.82) is 0 Å². The monoisotopic (exact) mass is 512 g/mol. The van der Waals surface area contributed by atoms with Gasteiger partial charge < -0.3 is 26.0 Å². The molecule has 2 aliphatic rings. The zero-order valence-corrected chi connectivity index (χ0v) is 22.2. The van der Waals surface area contributed by atoms with E-state index in [0.29, 0.717) is 24.1 Å². The van der Waals surface area contributed by atoms with Gasteiger partial charge in [0.15, 0.2) is 0 Å². The summed E-state index contributed by atoms with van der Waals surface area (Å²) in [5.74, 6) is 6.27. The molecular weight excluding hydrogens is 472 g/mol. The third-order valence-electron chi connectivity index (χ3n) is 8.07. The number of aromatic nitrogens is 1. The van der Waals surface area contributed by atoms with E-state index in [4.69, 9.17) is 0 Å². The van der Waals surface area contributed by atoms with Gasteiger partial charge in [0.1, 0.15) is 0 Å². The van der Waals surface area contributed by atoms with Crippen molar-refractivity contribution in [1.82, 2.24) is 10.3 Å². The predicted octanol–water partition coefficient (Wildman–Crippen LogP) is 6.40. The Morgan fingerprint density at radius 3 is 2.66 bits per heavy atom. The Balaban J connectivity index is 1.36. The first-order chi connectivity index (χ1) is 18.7. The maximum Gasteiger partial charge on any atom is 0.335 e. The van der Waals surface area contributed by atoms with Crippen LogP contribution in [0.1, 0.15) is 79.4 Å². The summed E-state index contributed by atoms with van der Waals surface area (Å²) >= 11 is 0. The van der Waals surface area contributed by atoms with Gasteiger partial charge in [-0.15, -0.1) is 0 Å². The van der Waals surface area contributed by atoms with Crippen LogP contribution in [0.4, 0.5) is 11.4 Å².